The van der Waals surface area contributed by atoms with E-state index in [2.05, 4.69) is 95.8 Å². The SMILES string of the molecule is [C-]#[N+]c1ccccc1-c1cc(-c2nc(-c3ccccc3)nc(-c3cccc(-c4ccccc4)c3)n2)ccc1C12CC3CC(CC(C3)C1)C2. The van der Waals surface area contributed by atoms with E-state index in [4.69, 9.17) is 21.5 Å². The number of hydrogen-bond donors (Lipinski definition) is 0. The van der Waals surface area contributed by atoms with Gasteiger partial charge >= 0.3 is 0 Å². The third kappa shape index (κ3) is 5.11. The van der Waals surface area contributed by atoms with Gasteiger partial charge in [0.15, 0.2) is 23.2 Å². The molecule has 4 fully saturated rings. The van der Waals surface area contributed by atoms with E-state index in [1.165, 1.54) is 44.1 Å². The predicted molar refractivity (Wildman–Crippen MR) is 193 cm³/mol. The number of nitrogens with zero attached hydrogens (tertiary/aromatic N) is 4. The third-order valence-electron chi connectivity index (χ3n) is 11.1. The molecule has 232 valence electrons. The number of para-hydroxylation sites is 1. The highest BCUT2D eigenvalue weighted by atomic mass is 15.0. The normalized spacial score (nSPS) is 22.4. The molecular formula is C44H36N4. The molecule has 4 saturated carbocycles. The zero-order valence-electron chi connectivity index (χ0n) is 26.9. The van der Waals surface area contributed by atoms with Gasteiger partial charge in [-0.3, -0.25) is 0 Å². The van der Waals surface area contributed by atoms with Crippen molar-refractivity contribution in [3.63, 3.8) is 0 Å². The van der Waals surface area contributed by atoms with Crippen LogP contribution < -0.4 is 0 Å². The minimum absolute atomic E-state index is 0.176. The summed E-state index contributed by atoms with van der Waals surface area (Å²) in [5.41, 5.74) is 9.56. The Bertz CT molecular complexity index is 2150. The molecule has 10 rings (SSSR count). The first-order valence-electron chi connectivity index (χ1n) is 17.2. The first kappa shape index (κ1) is 28.8. The Balaban J connectivity index is 1.22. The van der Waals surface area contributed by atoms with Gasteiger partial charge in [-0.25, -0.2) is 19.8 Å². The van der Waals surface area contributed by atoms with Crippen LogP contribution in [0.2, 0.25) is 0 Å². The van der Waals surface area contributed by atoms with E-state index in [-0.39, 0.29) is 5.41 Å². The van der Waals surface area contributed by atoms with Crippen molar-refractivity contribution in [1.29, 1.82) is 0 Å². The highest BCUT2D eigenvalue weighted by molar-refractivity contribution is 5.84. The summed E-state index contributed by atoms with van der Waals surface area (Å²) in [6.07, 6.45) is 7.97. The highest BCUT2D eigenvalue weighted by Gasteiger charge is 2.52. The van der Waals surface area contributed by atoms with Crippen LogP contribution in [0.25, 0.3) is 61.3 Å². The van der Waals surface area contributed by atoms with Crippen molar-refractivity contribution in [2.75, 3.05) is 0 Å². The van der Waals surface area contributed by atoms with Gasteiger partial charge in [-0.05, 0) is 102 Å². The monoisotopic (exact) mass is 620 g/mol. The summed E-state index contributed by atoms with van der Waals surface area (Å²) in [5.74, 6) is 4.41. The van der Waals surface area contributed by atoms with Crippen LogP contribution in [-0.2, 0) is 5.41 Å². The van der Waals surface area contributed by atoms with E-state index in [9.17, 15) is 0 Å². The molecule has 0 spiro atoms. The second-order valence-electron chi connectivity index (χ2n) is 14.2. The average molecular weight is 621 g/mol. The molecule has 1 aromatic heterocycles. The first-order chi connectivity index (χ1) is 23.6. The molecule has 0 atom stereocenters. The largest absolute Gasteiger partial charge is 0.238 e. The Kier molecular flexibility index (Phi) is 7.01. The van der Waals surface area contributed by atoms with Gasteiger partial charge in [0.1, 0.15) is 0 Å². The van der Waals surface area contributed by atoms with Gasteiger partial charge in [-0.2, -0.15) is 0 Å². The van der Waals surface area contributed by atoms with E-state index < -0.39 is 0 Å². The van der Waals surface area contributed by atoms with Crippen molar-refractivity contribution < 1.29 is 0 Å². The summed E-state index contributed by atoms with van der Waals surface area (Å²) in [4.78, 5) is 19.3. The summed E-state index contributed by atoms with van der Waals surface area (Å²) in [7, 11) is 0. The standard InChI is InChI=1S/C44H36N4/c1-45-40-18-9-8-17-37(40)38-25-36(19-20-39(38)44-26-29-21-30(27-44)23-31(22-29)28-44)43-47-41(33-13-6-3-7-14-33)46-42(48-43)35-16-10-15-34(24-35)32-11-4-2-5-12-32/h2-20,24-25,29-31H,21-23,26-28H2. The van der Waals surface area contributed by atoms with Crippen LogP contribution in [0.1, 0.15) is 44.1 Å². The maximum Gasteiger partial charge on any atom is 0.194 e. The zero-order valence-corrected chi connectivity index (χ0v) is 26.9. The van der Waals surface area contributed by atoms with E-state index in [1.807, 2.05) is 36.4 Å². The molecule has 0 amide bonds. The lowest BCUT2D eigenvalue weighted by molar-refractivity contribution is -0.00491. The third-order valence-corrected chi connectivity index (χ3v) is 11.1. The molecule has 0 aliphatic heterocycles. The Morgan fingerprint density at radius 2 is 1.00 bits per heavy atom. The smallest absolute Gasteiger partial charge is 0.194 e. The van der Waals surface area contributed by atoms with Gasteiger partial charge < -0.3 is 0 Å². The van der Waals surface area contributed by atoms with Gasteiger partial charge in [-0.1, -0.05) is 115 Å². The molecule has 5 aromatic carbocycles. The minimum Gasteiger partial charge on any atom is -0.238 e. The summed E-state index contributed by atoms with van der Waals surface area (Å²) in [6, 6.07) is 44.0. The minimum atomic E-state index is 0.176. The second kappa shape index (κ2) is 11.7. The Morgan fingerprint density at radius 1 is 0.479 bits per heavy atom. The van der Waals surface area contributed by atoms with Crippen LogP contribution in [0, 0.1) is 24.3 Å². The van der Waals surface area contributed by atoms with Crippen LogP contribution >= 0.6 is 0 Å². The molecule has 4 bridgehead atoms. The summed E-state index contributed by atoms with van der Waals surface area (Å²) >= 11 is 0. The molecule has 4 aliphatic rings. The predicted octanol–water partition coefficient (Wildman–Crippen LogP) is 11.2. The molecule has 48 heavy (non-hydrogen) atoms. The van der Waals surface area contributed by atoms with Crippen molar-refractivity contribution in [1.82, 2.24) is 15.0 Å². The van der Waals surface area contributed by atoms with Gasteiger partial charge in [0.05, 0.1) is 6.57 Å². The fraction of sp³-hybridized carbons (Fsp3) is 0.227. The summed E-state index contributed by atoms with van der Waals surface area (Å²) in [6.45, 7) is 8.06. The van der Waals surface area contributed by atoms with E-state index in [1.54, 1.807) is 0 Å². The molecule has 4 nitrogen and oxygen atoms in total. The molecule has 4 heteroatoms. The molecule has 0 unspecified atom stereocenters. The van der Waals surface area contributed by atoms with E-state index >= 15 is 0 Å². The molecule has 1 heterocycles. The molecule has 0 N–H and O–H groups in total. The lowest BCUT2D eigenvalue weighted by Gasteiger charge is -2.57. The average Bonchev–Trinajstić information content (AvgIpc) is 3.14. The first-order valence-corrected chi connectivity index (χ1v) is 17.2. The molecule has 6 aromatic rings. The van der Waals surface area contributed by atoms with Crippen LogP contribution in [0.3, 0.4) is 0 Å². The van der Waals surface area contributed by atoms with E-state index in [0.717, 1.165) is 56.7 Å². The lowest BCUT2D eigenvalue weighted by Crippen LogP contribution is -2.48. The maximum atomic E-state index is 8.06. The van der Waals surface area contributed by atoms with Crippen molar-refractivity contribution >= 4 is 5.69 Å². The quantitative estimate of drug-likeness (QED) is 0.174. The maximum absolute atomic E-state index is 8.06. The zero-order chi connectivity index (χ0) is 32.1. The van der Waals surface area contributed by atoms with Crippen molar-refractivity contribution in [3.8, 4) is 56.4 Å². The van der Waals surface area contributed by atoms with Gasteiger partial charge in [0.25, 0.3) is 0 Å². The fourth-order valence-electron chi connectivity index (χ4n) is 9.43. The van der Waals surface area contributed by atoms with E-state index in [0.29, 0.717) is 23.2 Å². The highest BCUT2D eigenvalue weighted by Crippen LogP contribution is 2.62. The Morgan fingerprint density at radius 3 is 1.65 bits per heavy atom. The summed E-state index contributed by atoms with van der Waals surface area (Å²) < 4.78 is 0. The van der Waals surface area contributed by atoms with Crippen molar-refractivity contribution in [2.45, 2.75) is 43.9 Å². The fourth-order valence-corrected chi connectivity index (χ4v) is 9.43. The van der Waals surface area contributed by atoms with Crippen LogP contribution in [0.5, 0.6) is 0 Å². The number of benzene rings is 5. The summed E-state index contributed by atoms with van der Waals surface area (Å²) in [5, 5.41) is 0. The topological polar surface area (TPSA) is 43.0 Å². The second-order valence-corrected chi connectivity index (χ2v) is 14.2. The number of aromatic nitrogens is 3. The van der Waals surface area contributed by atoms with Crippen molar-refractivity contribution in [2.24, 2.45) is 17.8 Å². The molecule has 0 radical (unpaired) electrons. The van der Waals surface area contributed by atoms with Crippen LogP contribution in [0.4, 0.5) is 5.69 Å². The van der Waals surface area contributed by atoms with Crippen LogP contribution in [0.15, 0.2) is 127 Å². The number of hydrogen-bond acceptors (Lipinski definition) is 3. The Labute approximate surface area is 282 Å². The molecule has 4 aliphatic carbocycles. The molecular weight excluding hydrogens is 585 g/mol. The Hall–Kier alpha value is -5.40. The van der Waals surface area contributed by atoms with Gasteiger partial charge in [0, 0.05) is 16.7 Å². The van der Waals surface area contributed by atoms with Gasteiger partial charge in [-0.15, -0.1) is 0 Å². The number of rotatable bonds is 6. The van der Waals surface area contributed by atoms with Gasteiger partial charge in [0.2, 0.25) is 0 Å². The lowest BCUT2D eigenvalue weighted by atomic mass is 9.47. The van der Waals surface area contributed by atoms with Crippen LogP contribution in [-0.4, -0.2) is 15.0 Å². The molecule has 0 saturated heterocycles. The van der Waals surface area contributed by atoms with Crippen molar-refractivity contribution in [3.05, 3.63) is 144 Å².